The summed E-state index contributed by atoms with van der Waals surface area (Å²) in [5, 5.41) is 0. The first-order valence-electron chi connectivity index (χ1n) is 16.0. The largest absolute Gasteiger partial charge is 0.481 e. The fraction of sp³-hybridized carbons (Fsp3) is 0.472. The molecule has 9 nitrogen and oxygen atoms in total. The topological polar surface area (TPSA) is 115 Å². The van der Waals surface area contributed by atoms with Crippen molar-refractivity contribution in [1.29, 1.82) is 0 Å². The summed E-state index contributed by atoms with van der Waals surface area (Å²) in [4.78, 5) is 42.2. The third-order valence-electron chi connectivity index (χ3n) is 8.59. The lowest BCUT2D eigenvalue weighted by atomic mass is 9.83. The third-order valence-corrected chi connectivity index (χ3v) is 9.61. The average molecular weight is 669 g/mol. The van der Waals surface area contributed by atoms with Gasteiger partial charge in [0.15, 0.2) is 0 Å². The number of ether oxygens (including phenoxy) is 3. The number of carbonyl (C=O) groups is 2. The molecule has 0 spiro atoms. The van der Waals surface area contributed by atoms with Crippen molar-refractivity contribution < 1.29 is 37.6 Å². The smallest absolute Gasteiger partial charge is 0.343 e. The summed E-state index contributed by atoms with van der Waals surface area (Å²) in [5.41, 5.74) is 2.88. The number of carbonyl (C=O) groups excluding carboxylic acids is 2. The summed E-state index contributed by atoms with van der Waals surface area (Å²) >= 11 is 0. The molecule has 1 fully saturated rings. The summed E-state index contributed by atoms with van der Waals surface area (Å²) < 4.78 is 43.1. The number of nitrogens with zero attached hydrogens (tertiary/aromatic N) is 2. The Labute approximate surface area is 276 Å². The van der Waals surface area contributed by atoms with E-state index in [9.17, 15) is 19.0 Å². The minimum absolute atomic E-state index is 0.0909. The van der Waals surface area contributed by atoms with Crippen LogP contribution < -0.4 is 9.47 Å². The van der Waals surface area contributed by atoms with Crippen molar-refractivity contribution in [2.24, 2.45) is 11.8 Å². The molecule has 1 heterocycles. The summed E-state index contributed by atoms with van der Waals surface area (Å²) in [6, 6.07) is 14.2. The van der Waals surface area contributed by atoms with E-state index >= 15 is 4.39 Å². The lowest BCUT2D eigenvalue weighted by Gasteiger charge is -2.31. The quantitative estimate of drug-likeness (QED) is 0.101. The Balaban J connectivity index is 1.60. The molecule has 1 aliphatic carbocycles. The highest BCUT2D eigenvalue weighted by molar-refractivity contribution is 7.57. The molecule has 1 aliphatic rings. The number of rotatable bonds is 15. The van der Waals surface area contributed by atoms with Crippen LogP contribution in [0.4, 0.5) is 4.39 Å². The van der Waals surface area contributed by atoms with Gasteiger partial charge in [0.05, 0.1) is 30.9 Å². The van der Waals surface area contributed by atoms with Crippen LogP contribution in [0.5, 0.6) is 11.6 Å². The van der Waals surface area contributed by atoms with Crippen molar-refractivity contribution in [2.75, 3.05) is 26.5 Å². The van der Waals surface area contributed by atoms with Gasteiger partial charge in [0, 0.05) is 36.9 Å². The Hall–Kier alpha value is -3.59. The maximum absolute atomic E-state index is 15.1. The second-order valence-corrected chi connectivity index (χ2v) is 15.5. The molecule has 4 rings (SSSR count). The fourth-order valence-corrected chi connectivity index (χ4v) is 6.41. The second-order valence-electron chi connectivity index (χ2n) is 13.0. The second kappa shape index (κ2) is 15.5. The first-order valence-corrected chi connectivity index (χ1v) is 18.3. The van der Waals surface area contributed by atoms with Gasteiger partial charge in [-0.2, -0.15) is 0 Å². The first-order chi connectivity index (χ1) is 22.2. The highest BCUT2D eigenvalue weighted by atomic mass is 31.2. The van der Waals surface area contributed by atoms with Gasteiger partial charge in [-0.3, -0.25) is 14.3 Å². The minimum atomic E-state index is -3.28. The van der Waals surface area contributed by atoms with E-state index in [1.807, 2.05) is 6.07 Å². The van der Waals surface area contributed by atoms with Crippen molar-refractivity contribution in [3.63, 3.8) is 0 Å². The minimum Gasteiger partial charge on any atom is -0.481 e. The van der Waals surface area contributed by atoms with E-state index in [2.05, 4.69) is 37.6 Å². The lowest BCUT2D eigenvalue weighted by Crippen LogP contribution is -2.36. The van der Waals surface area contributed by atoms with E-state index in [0.29, 0.717) is 29.0 Å². The molecule has 1 N–H and O–H groups in total. The highest BCUT2D eigenvalue weighted by Gasteiger charge is 2.39. The summed E-state index contributed by atoms with van der Waals surface area (Å²) in [5.74, 6) is -1.22. The number of esters is 2. The normalized spacial score (nSPS) is 15.7. The molecule has 0 bridgehead atoms. The summed E-state index contributed by atoms with van der Waals surface area (Å²) in [6.45, 7) is 11.8. The van der Waals surface area contributed by atoms with E-state index in [1.54, 1.807) is 49.4 Å². The van der Waals surface area contributed by atoms with Gasteiger partial charge in [-0.25, -0.2) is 14.2 Å². The molecule has 0 saturated heterocycles. The van der Waals surface area contributed by atoms with Crippen LogP contribution in [0.1, 0.15) is 74.9 Å². The third kappa shape index (κ3) is 9.72. The van der Waals surface area contributed by atoms with Crippen LogP contribution in [0.3, 0.4) is 0 Å². The van der Waals surface area contributed by atoms with Gasteiger partial charge in [-0.05, 0) is 93.3 Å². The number of pyridine rings is 1. The SMILES string of the molecule is COc1cc(-c2ccc(C(=O)Oc3cccc([C@H](C4CC4)[C@H](C)C(=O)OCCP(C)(=O)O)c3)cc2CN(C(C)C)C(C)C)c(F)cn1. The Morgan fingerprint density at radius 2 is 1.74 bits per heavy atom. The Morgan fingerprint density at radius 3 is 2.36 bits per heavy atom. The summed E-state index contributed by atoms with van der Waals surface area (Å²) in [6.07, 6.45) is 2.97. The zero-order valence-electron chi connectivity index (χ0n) is 28.2. The van der Waals surface area contributed by atoms with Gasteiger partial charge in [-0.1, -0.05) is 25.1 Å². The van der Waals surface area contributed by atoms with Gasteiger partial charge in [0.1, 0.15) is 18.2 Å². The molecule has 0 aliphatic heterocycles. The fourth-order valence-electron chi connectivity index (χ4n) is 5.98. The van der Waals surface area contributed by atoms with Crippen molar-refractivity contribution in [3.8, 4) is 22.8 Å². The van der Waals surface area contributed by atoms with E-state index in [1.165, 1.54) is 13.8 Å². The Bertz CT molecular complexity index is 1610. The number of hydrogen-bond acceptors (Lipinski definition) is 8. The summed E-state index contributed by atoms with van der Waals surface area (Å²) in [7, 11) is -1.81. The van der Waals surface area contributed by atoms with Crippen LogP contribution in [-0.2, 0) is 20.6 Å². The van der Waals surface area contributed by atoms with E-state index in [4.69, 9.17) is 14.2 Å². The molecule has 2 aromatic carbocycles. The van der Waals surface area contributed by atoms with E-state index < -0.39 is 31.0 Å². The Morgan fingerprint density at radius 1 is 1.04 bits per heavy atom. The zero-order valence-corrected chi connectivity index (χ0v) is 29.1. The zero-order chi connectivity index (χ0) is 34.5. The standard InChI is InChI=1S/C36H46FN2O7P/c1-22(2)39(23(3)4)21-28-17-27(13-14-30(28)31-19-33(44-6)38-20-32(31)37)36(41)46-29-10-8-9-26(18-29)34(25-11-12-25)24(5)35(40)45-15-16-47(7,42)43/h8-10,13-14,17-20,22-25,34H,11-12,15-16,21H2,1-7H3,(H,42,43)/t24-,34-/m0/s1. The molecule has 0 amide bonds. The predicted molar refractivity (Wildman–Crippen MR) is 180 cm³/mol. The molecule has 3 atom stereocenters. The molecule has 11 heteroatoms. The molecule has 254 valence electrons. The highest BCUT2D eigenvalue weighted by Crippen LogP contribution is 2.47. The van der Waals surface area contributed by atoms with Crippen molar-refractivity contribution in [2.45, 2.75) is 72.0 Å². The van der Waals surface area contributed by atoms with E-state index in [0.717, 1.165) is 30.2 Å². The number of benzene rings is 2. The molecule has 1 unspecified atom stereocenters. The Kier molecular flexibility index (Phi) is 12.0. The van der Waals surface area contributed by atoms with Crippen LogP contribution in [0.2, 0.25) is 0 Å². The van der Waals surface area contributed by atoms with Crippen LogP contribution in [0, 0.1) is 17.7 Å². The number of halogens is 1. The van der Waals surface area contributed by atoms with Crippen LogP contribution in [0.15, 0.2) is 54.7 Å². The molecular formula is C36H46FN2O7P. The molecule has 3 aromatic rings. The van der Waals surface area contributed by atoms with Crippen molar-refractivity contribution in [1.82, 2.24) is 9.88 Å². The van der Waals surface area contributed by atoms with Gasteiger partial charge in [0.25, 0.3) is 0 Å². The van der Waals surface area contributed by atoms with E-state index in [-0.39, 0.29) is 42.6 Å². The number of hydrogen-bond donors (Lipinski definition) is 1. The first kappa shape index (κ1) is 36.2. The van der Waals surface area contributed by atoms with Gasteiger partial charge in [0.2, 0.25) is 13.2 Å². The van der Waals surface area contributed by atoms with Crippen molar-refractivity contribution >= 4 is 19.3 Å². The maximum atomic E-state index is 15.1. The average Bonchev–Trinajstić information content (AvgIpc) is 3.84. The maximum Gasteiger partial charge on any atom is 0.343 e. The number of aromatic nitrogens is 1. The predicted octanol–water partition coefficient (Wildman–Crippen LogP) is 7.31. The molecular weight excluding hydrogens is 622 g/mol. The molecule has 1 aromatic heterocycles. The number of methoxy groups -OCH3 is 1. The molecule has 0 radical (unpaired) electrons. The molecule has 47 heavy (non-hydrogen) atoms. The lowest BCUT2D eigenvalue weighted by molar-refractivity contribution is -0.148. The van der Waals surface area contributed by atoms with Gasteiger partial charge < -0.3 is 19.1 Å². The van der Waals surface area contributed by atoms with Gasteiger partial charge >= 0.3 is 11.9 Å². The van der Waals surface area contributed by atoms with Gasteiger partial charge in [-0.15, -0.1) is 0 Å². The monoisotopic (exact) mass is 668 g/mol. The van der Waals surface area contributed by atoms with Crippen LogP contribution in [-0.4, -0.2) is 65.3 Å². The van der Waals surface area contributed by atoms with Crippen molar-refractivity contribution in [3.05, 3.63) is 77.2 Å². The van der Waals surface area contributed by atoms with Crippen LogP contribution >= 0.6 is 7.37 Å². The van der Waals surface area contributed by atoms with Crippen LogP contribution in [0.25, 0.3) is 11.1 Å². The molecule has 1 saturated carbocycles.